The molecule has 2 amide bonds. The molecule has 0 radical (unpaired) electrons. The van der Waals surface area contributed by atoms with E-state index in [0.29, 0.717) is 19.1 Å². The lowest BCUT2D eigenvalue weighted by atomic mass is 9.91. The lowest BCUT2D eigenvalue weighted by Gasteiger charge is -2.44. The molecule has 4 heterocycles. The van der Waals surface area contributed by atoms with Gasteiger partial charge in [-0.3, -0.25) is 19.4 Å². The molecule has 5 rings (SSSR count). The van der Waals surface area contributed by atoms with Crippen LogP contribution < -0.4 is 0 Å². The average molecular weight is 457 g/mol. The predicted molar refractivity (Wildman–Crippen MR) is 128 cm³/mol. The third-order valence-electron chi connectivity index (χ3n) is 8.31. The molecule has 0 bridgehead atoms. The first-order chi connectivity index (χ1) is 16.1. The molecule has 1 atom stereocenters. The van der Waals surface area contributed by atoms with E-state index >= 15 is 0 Å². The molecule has 1 saturated carbocycles. The lowest BCUT2D eigenvalue weighted by Crippen LogP contribution is -2.57. The summed E-state index contributed by atoms with van der Waals surface area (Å²) in [5, 5.41) is 4.51. The zero-order chi connectivity index (χ0) is 22.8. The Hall–Kier alpha value is -1.90. The highest BCUT2D eigenvalue weighted by molar-refractivity contribution is 5.94. The van der Waals surface area contributed by atoms with E-state index in [9.17, 15) is 9.59 Å². The monoisotopic (exact) mass is 456 g/mol. The van der Waals surface area contributed by atoms with Crippen molar-refractivity contribution in [2.75, 3.05) is 72.0 Å². The van der Waals surface area contributed by atoms with E-state index in [0.717, 1.165) is 83.4 Å². The number of hydrazine groups is 1. The lowest BCUT2D eigenvalue weighted by molar-refractivity contribution is -0.136. The summed E-state index contributed by atoms with van der Waals surface area (Å²) in [6.07, 6.45) is 12.3. The molecule has 4 aliphatic heterocycles. The first-order valence-corrected chi connectivity index (χ1v) is 13.0. The van der Waals surface area contributed by atoms with Crippen LogP contribution in [0.5, 0.6) is 0 Å². The van der Waals surface area contributed by atoms with Crippen molar-refractivity contribution >= 4 is 11.8 Å². The molecule has 3 saturated heterocycles. The van der Waals surface area contributed by atoms with Crippen LogP contribution in [0.2, 0.25) is 0 Å². The van der Waals surface area contributed by atoms with Crippen LogP contribution in [0, 0.1) is 0 Å². The summed E-state index contributed by atoms with van der Waals surface area (Å²) < 4.78 is 0. The zero-order valence-corrected chi connectivity index (χ0v) is 20.2. The molecule has 5 aliphatic rings. The summed E-state index contributed by atoms with van der Waals surface area (Å²) in [4.78, 5) is 34.8. The minimum atomic E-state index is 0.191. The van der Waals surface area contributed by atoms with Crippen LogP contribution in [0.3, 0.4) is 0 Å². The van der Waals surface area contributed by atoms with E-state index in [-0.39, 0.29) is 11.8 Å². The average Bonchev–Trinajstić information content (AvgIpc) is 3.24. The van der Waals surface area contributed by atoms with Gasteiger partial charge in [0.2, 0.25) is 5.91 Å². The number of hydrogen-bond donors (Lipinski definition) is 0. The second kappa shape index (κ2) is 10.2. The van der Waals surface area contributed by atoms with Crippen molar-refractivity contribution in [3.05, 3.63) is 23.9 Å². The van der Waals surface area contributed by atoms with Crippen molar-refractivity contribution in [2.45, 2.75) is 51.1 Å². The number of nitrogens with zero attached hydrogens (tertiary/aromatic N) is 6. The molecule has 0 aromatic heterocycles. The van der Waals surface area contributed by atoms with Gasteiger partial charge in [0, 0.05) is 82.8 Å². The maximum atomic E-state index is 13.0. The van der Waals surface area contributed by atoms with Crippen LogP contribution in [0.1, 0.15) is 39.0 Å². The second-order valence-corrected chi connectivity index (χ2v) is 10.4. The molecule has 0 aromatic carbocycles. The molecule has 182 valence electrons. The Bertz CT molecular complexity index is 778. The molecule has 4 fully saturated rings. The van der Waals surface area contributed by atoms with Gasteiger partial charge in [-0.2, -0.15) is 0 Å². The van der Waals surface area contributed by atoms with Gasteiger partial charge < -0.3 is 14.8 Å². The van der Waals surface area contributed by atoms with E-state index in [2.05, 4.69) is 37.8 Å². The quantitative estimate of drug-likeness (QED) is 0.615. The van der Waals surface area contributed by atoms with Crippen molar-refractivity contribution in [1.29, 1.82) is 0 Å². The molecule has 33 heavy (non-hydrogen) atoms. The Labute approximate surface area is 198 Å². The summed E-state index contributed by atoms with van der Waals surface area (Å²) in [5.41, 5.74) is 0.880. The number of rotatable bonds is 5. The number of carbonyl (C=O) groups is 2. The van der Waals surface area contributed by atoms with Crippen LogP contribution in [0.25, 0.3) is 0 Å². The van der Waals surface area contributed by atoms with Gasteiger partial charge in [0.15, 0.2) is 0 Å². The normalized spacial score (nSPS) is 28.2. The van der Waals surface area contributed by atoms with Gasteiger partial charge in [-0.05, 0) is 38.7 Å². The van der Waals surface area contributed by atoms with E-state index in [1.165, 1.54) is 19.3 Å². The number of allylic oxidation sites excluding steroid dienone is 2. The highest BCUT2D eigenvalue weighted by Gasteiger charge is 2.32. The molecular formula is C25H40N6O2. The molecule has 0 spiro atoms. The van der Waals surface area contributed by atoms with Gasteiger partial charge in [-0.25, -0.2) is 5.01 Å². The third kappa shape index (κ3) is 5.12. The molecule has 8 nitrogen and oxygen atoms in total. The topological polar surface area (TPSA) is 53.6 Å². The van der Waals surface area contributed by atoms with Crippen LogP contribution in [-0.2, 0) is 9.59 Å². The maximum absolute atomic E-state index is 13.0. The first kappa shape index (κ1) is 22.9. The van der Waals surface area contributed by atoms with Gasteiger partial charge in [0.1, 0.15) is 0 Å². The Morgan fingerprint density at radius 2 is 1.67 bits per heavy atom. The molecular weight excluding hydrogens is 416 g/mol. The van der Waals surface area contributed by atoms with Crippen molar-refractivity contribution in [3.8, 4) is 0 Å². The Morgan fingerprint density at radius 3 is 2.30 bits per heavy atom. The Morgan fingerprint density at radius 1 is 0.909 bits per heavy atom. The summed E-state index contributed by atoms with van der Waals surface area (Å²) in [6.45, 7) is 11.6. The first-order valence-electron chi connectivity index (χ1n) is 13.0. The van der Waals surface area contributed by atoms with Crippen LogP contribution in [-0.4, -0.2) is 126 Å². The van der Waals surface area contributed by atoms with Crippen LogP contribution >= 0.6 is 0 Å². The second-order valence-electron chi connectivity index (χ2n) is 10.4. The molecule has 1 aliphatic carbocycles. The molecule has 0 aromatic rings. The van der Waals surface area contributed by atoms with Gasteiger partial charge in [0.25, 0.3) is 5.91 Å². The number of hydrogen-bond acceptors (Lipinski definition) is 6. The van der Waals surface area contributed by atoms with Gasteiger partial charge in [-0.1, -0.05) is 12.5 Å². The summed E-state index contributed by atoms with van der Waals surface area (Å²) in [5.74, 6) is 0.473. The number of piperazine rings is 2. The largest absolute Gasteiger partial charge is 0.339 e. The molecule has 1 unspecified atom stereocenters. The van der Waals surface area contributed by atoms with E-state index < -0.39 is 0 Å². The smallest absolute Gasteiger partial charge is 0.251 e. The van der Waals surface area contributed by atoms with Crippen LogP contribution in [0.15, 0.2) is 23.9 Å². The van der Waals surface area contributed by atoms with Gasteiger partial charge in [-0.15, -0.1) is 0 Å². The predicted octanol–water partition coefficient (Wildman–Crippen LogP) is 0.982. The van der Waals surface area contributed by atoms with Crippen LogP contribution in [0.4, 0.5) is 0 Å². The Balaban J connectivity index is 1.05. The van der Waals surface area contributed by atoms with E-state index in [1.54, 1.807) is 0 Å². The number of amides is 2. The van der Waals surface area contributed by atoms with Crippen molar-refractivity contribution in [3.63, 3.8) is 0 Å². The maximum Gasteiger partial charge on any atom is 0.251 e. The van der Waals surface area contributed by atoms with Crippen molar-refractivity contribution in [2.24, 2.45) is 0 Å². The van der Waals surface area contributed by atoms with Gasteiger partial charge >= 0.3 is 0 Å². The van der Waals surface area contributed by atoms with E-state index in [4.69, 9.17) is 0 Å². The van der Waals surface area contributed by atoms with Crippen molar-refractivity contribution < 1.29 is 9.59 Å². The summed E-state index contributed by atoms with van der Waals surface area (Å²) in [6, 6.07) is 1.13. The highest BCUT2D eigenvalue weighted by Crippen LogP contribution is 2.25. The number of likely N-dealkylation sites (tertiary alicyclic amines) is 1. The summed E-state index contributed by atoms with van der Waals surface area (Å²) >= 11 is 0. The summed E-state index contributed by atoms with van der Waals surface area (Å²) in [7, 11) is 0. The van der Waals surface area contributed by atoms with Gasteiger partial charge in [0.05, 0.1) is 13.1 Å². The zero-order valence-electron chi connectivity index (χ0n) is 20.2. The SMILES string of the molecule is CC1CCCN1C(=O)C1=CC=CN(N2CCN(CC(=O)N3CCN(C4CCC4)CC3)CC2)C1. The molecule has 0 N–H and O–H groups in total. The fraction of sp³-hybridized carbons (Fsp3) is 0.760. The van der Waals surface area contributed by atoms with Crippen molar-refractivity contribution in [1.82, 2.24) is 29.6 Å². The fourth-order valence-electron chi connectivity index (χ4n) is 5.82. The number of carbonyl (C=O) groups excluding carboxylic acids is 2. The molecule has 8 heteroatoms. The minimum absolute atomic E-state index is 0.191. The standard InChI is InChI=1S/C25H40N6O2/c1-21-5-3-10-31(21)25(33)22-6-4-9-30(19-22)29-17-11-26(12-18-29)20-24(32)28-15-13-27(14-16-28)23-7-2-8-23/h4,6,9,21,23H,2-3,5,7-8,10-20H2,1H3. The Kier molecular flexibility index (Phi) is 7.04. The fourth-order valence-corrected chi connectivity index (χ4v) is 5.82. The van der Waals surface area contributed by atoms with E-state index in [1.807, 2.05) is 17.1 Å². The third-order valence-corrected chi connectivity index (χ3v) is 8.31. The highest BCUT2D eigenvalue weighted by atomic mass is 16.2. The minimum Gasteiger partial charge on any atom is -0.339 e.